The Labute approximate surface area is 73.4 Å². The molecule has 0 fully saturated rings. The summed E-state index contributed by atoms with van der Waals surface area (Å²) in [5, 5.41) is 0. The molecule has 0 heterocycles. The van der Waals surface area contributed by atoms with Crippen LogP contribution in [0.5, 0.6) is 0 Å². The minimum atomic E-state index is -2.14. The molecule has 0 unspecified atom stereocenters. The smallest absolute Gasteiger partial charge is 0.422 e. The largest absolute Gasteiger partial charge is 0.486 e. The summed E-state index contributed by atoms with van der Waals surface area (Å²) in [6.07, 6.45) is 0. The second kappa shape index (κ2) is 8.41. The lowest BCUT2D eigenvalue weighted by Crippen LogP contribution is -2.40. The summed E-state index contributed by atoms with van der Waals surface area (Å²) in [6, 6.07) is 0. The van der Waals surface area contributed by atoms with Gasteiger partial charge in [0, 0.05) is 20.8 Å². The van der Waals surface area contributed by atoms with Crippen LogP contribution in [0.15, 0.2) is 0 Å². The highest BCUT2D eigenvalue weighted by Gasteiger charge is 2.29. The summed E-state index contributed by atoms with van der Waals surface area (Å²) in [7, 11) is 0.714. The monoisotopic (exact) mass is 196 g/mol. The van der Waals surface area contributed by atoms with Gasteiger partial charge in [-0.3, -0.25) is 0 Å². The summed E-state index contributed by atoms with van der Waals surface area (Å²) in [4.78, 5) is 0. The van der Waals surface area contributed by atoms with Crippen LogP contribution in [-0.2, 0) is 13.0 Å². The molecule has 0 rings (SSSR count). The maximum Gasteiger partial charge on any atom is 0.486 e. The van der Waals surface area contributed by atoms with E-state index in [9.17, 15) is 0 Å². The predicted octanol–water partition coefficient (Wildman–Crippen LogP) is 1.02. The molecule has 0 radical (unpaired) electrons. The molecule has 0 amide bonds. The predicted molar refractivity (Wildman–Crippen MR) is 52.5 cm³/mol. The quantitative estimate of drug-likeness (QED) is 0.629. The first-order valence-electron chi connectivity index (χ1n) is 3.92. The van der Waals surface area contributed by atoms with Gasteiger partial charge in [-0.15, -0.1) is 0 Å². The van der Waals surface area contributed by atoms with E-state index in [4.69, 9.17) is 13.0 Å². The molecule has 0 aromatic rings. The van der Waals surface area contributed by atoms with E-state index in [2.05, 4.69) is 6.55 Å². The van der Waals surface area contributed by atoms with Crippen LogP contribution in [0.2, 0.25) is 13.1 Å². The van der Waals surface area contributed by atoms with Crippen molar-refractivity contribution < 1.29 is 13.0 Å². The van der Waals surface area contributed by atoms with Crippen molar-refractivity contribution in [1.29, 1.82) is 0 Å². The fraction of sp³-hybridized carbons (Fsp3) is 1.00. The minimum absolute atomic E-state index is 0.400. The lowest BCUT2D eigenvalue weighted by atomic mass is 11.0. The van der Waals surface area contributed by atoms with Crippen molar-refractivity contribution in [2.24, 2.45) is 0 Å². The molecule has 0 aliphatic heterocycles. The van der Waals surface area contributed by atoms with Crippen molar-refractivity contribution in [3.8, 4) is 0 Å². The Morgan fingerprint density at radius 3 is 1.55 bits per heavy atom. The third kappa shape index (κ3) is 6.70. The highest BCUT2D eigenvalue weighted by atomic mass is 28.4. The van der Waals surface area contributed by atoms with E-state index in [0.717, 1.165) is 0 Å². The zero-order valence-corrected chi connectivity index (χ0v) is 10.8. The van der Waals surface area contributed by atoms with Gasteiger partial charge in [0.2, 0.25) is 0 Å². The molecule has 0 N–H and O–H groups in total. The Bertz CT molecular complexity index is 76.2. The minimum Gasteiger partial charge on any atom is -0.422 e. The number of hydrogen-bond acceptors (Lipinski definition) is 3. The van der Waals surface area contributed by atoms with Gasteiger partial charge in [0.1, 0.15) is 9.76 Å². The zero-order valence-electron chi connectivity index (χ0n) is 8.43. The third-order valence-corrected chi connectivity index (χ3v) is 5.88. The average Bonchev–Trinajstić information content (AvgIpc) is 2.08. The molecule has 0 aromatic carbocycles. The molecule has 0 saturated heterocycles. The van der Waals surface area contributed by atoms with E-state index in [0.29, 0.717) is 0 Å². The van der Waals surface area contributed by atoms with Gasteiger partial charge in [-0.1, -0.05) is 20.4 Å². The van der Waals surface area contributed by atoms with Crippen LogP contribution in [0.4, 0.5) is 0 Å². The van der Waals surface area contributed by atoms with Gasteiger partial charge in [0.05, 0.1) is 0 Å². The first-order valence-corrected chi connectivity index (χ1v) is 8.14. The average molecular weight is 196 g/mol. The van der Waals surface area contributed by atoms with Crippen molar-refractivity contribution in [2.75, 3.05) is 14.2 Å². The van der Waals surface area contributed by atoms with Crippen molar-refractivity contribution >= 4 is 18.6 Å². The number of rotatable bonds is 4. The Hall–Kier alpha value is 0.314. The highest BCUT2D eigenvalue weighted by Crippen LogP contribution is 2.03. The Balaban J connectivity index is 0. The van der Waals surface area contributed by atoms with Gasteiger partial charge in [-0.05, 0) is 0 Å². The van der Waals surface area contributed by atoms with E-state index in [1.165, 1.54) is 0 Å². The summed E-state index contributed by atoms with van der Waals surface area (Å²) in [5.41, 5.74) is 0. The normalized spacial score (nSPS) is 11.5. The molecule has 0 atom stereocenters. The molecular formula is C6H20O3Si2. The second-order valence-corrected chi connectivity index (χ2v) is 5.98. The molecule has 5 heteroatoms. The highest BCUT2D eigenvalue weighted by molar-refractivity contribution is 6.64. The van der Waals surface area contributed by atoms with Gasteiger partial charge in [0.15, 0.2) is 0 Å². The van der Waals surface area contributed by atoms with Crippen LogP contribution in [0.25, 0.3) is 0 Å². The molecule has 70 valence electrons. The summed E-state index contributed by atoms with van der Waals surface area (Å²) >= 11 is 0. The van der Waals surface area contributed by atoms with Crippen LogP contribution in [0.3, 0.4) is 0 Å². The van der Waals surface area contributed by atoms with Crippen LogP contribution in [0.1, 0.15) is 13.8 Å². The lowest BCUT2D eigenvalue weighted by molar-refractivity contribution is 0.173. The first kappa shape index (κ1) is 13.9. The molecule has 0 aliphatic carbocycles. The van der Waals surface area contributed by atoms with Crippen molar-refractivity contribution in [2.45, 2.75) is 26.9 Å². The van der Waals surface area contributed by atoms with Crippen molar-refractivity contribution in [3.05, 3.63) is 0 Å². The Kier molecular flexibility index (Phi) is 10.6. The van der Waals surface area contributed by atoms with Crippen LogP contribution in [0, 0.1) is 0 Å². The first-order chi connectivity index (χ1) is 5.18. The van der Waals surface area contributed by atoms with E-state index in [1.54, 1.807) is 14.2 Å². The molecule has 0 aromatic heterocycles. The molecular weight excluding hydrogens is 176 g/mol. The van der Waals surface area contributed by atoms with Gasteiger partial charge in [0.25, 0.3) is 0 Å². The maximum atomic E-state index is 5.36. The SMILES string of the molecule is CC.CO[Si](C)(OC)O[SiH2]C. The van der Waals surface area contributed by atoms with Crippen molar-refractivity contribution in [1.82, 2.24) is 0 Å². The molecule has 11 heavy (non-hydrogen) atoms. The molecule has 0 aliphatic rings. The van der Waals surface area contributed by atoms with Crippen LogP contribution >= 0.6 is 0 Å². The van der Waals surface area contributed by atoms with E-state index < -0.39 is 18.6 Å². The zero-order chi connectivity index (χ0) is 9.33. The van der Waals surface area contributed by atoms with Crippen LogP contribution < -0.4 is 0 Å². The maximum absolute atomic E-state index is 5.36. The summed E-state index contributed by atoms with van der Waals surface area (Å²) < 4.78 is 15.5. The molecule has 0 bridgehead atoms. The van der Waals surface area contributed by atoms with E-state index in [-0.39, 0.29) is 0 Å². The Morgan fingerprint density at radius 2 is 1.45 bits per heavy atom. The standard InChI is InChI=1S/C4H14O3Si2.C2H6/c1-5-9(4,6-2)7-8-3;1-2/h8H2,1-4H3;1-2H3. The van der Waals surface area contributed by atoms with Gasteiger partial charge in [-0.25, -0.2) is 0 Å². The van der Waals surface area contributed by atoms with Crippen molar-refractivity contribution in [3.63, 3.8) is 0 Å². The summed E-state index contributed by atoms with van der Waals surface area (Å²) in [5.74, 6) is 0. The third-order valence-electron chi connectivity index (χ3n) is 1.15. The fourth-order valence-corrected chi connectivity index (χ4v) is 3.67. The molecule has 0 saturated carbocycles. The second-order valence-electron chi connectivity index (χ2n) is 1.70. The lowest BCUT2D eigenvalue weighted by Gasteiger charge is -2.21. The van der Waals surface area contributed by atoms with Gasteiger partial charge >= 0.3 is 8.80 Å². The summed E-state index contributed by atoms with van der Waals surface area (Å²) in [6.45, 7) is 7.95. The van der Waals surface area contributed by atoms with Gasteiger partial charge in [-0.2, -0.15) is 0 Å². The van der Waals surface area contributed by atoms with Crippen LogP contribution in [-0.4, -0.2) is 32.8 Å². The topological polar surface area (TPSA) is 27.7 Å². The Morgan fingerprint density at radius 1 is 1.09 bits per heavy atom. The van der Waals surface area contributed by atoms with E-state index in [1.807, 2.05) is 20.4 Å². The van der Waals surface area contributed by atoms with Gasteiger partial charge < -0.3 is 13.0 Å². The molecule has 0 spiro atoms. The molecule has 3 nitrogen and oxygen atoms in total. The van der Waals surface area contributed by atoms with E-state index >= 15 is 0 Å². The number of hydrogen-bond donors (Lipinski definition) is 0. The fourth-order valence-electron chi connectivity index (χ4n) is 0.463.